The minimum absolute atomic E-state index is 0.0570. The van der Waals surface area contributed by atoms with Gasteiger partial charge in [0.15, 0.2) is 5.11 Å². The van der Waals surface area contributed by atoms with Gasteiger partial charge in [0.05, 0.1) is 6.10 Å². The second-order valence-corrected chi connectivity index (χ2v) is 8.15. The highest BCUT2D eigenvalue weighted by Gasteiger charge is 2.17. The first-order chi connectivity index (χ1) is 16.4. The highest BCUT2D eigenvalue weighted by Crippen LogP contribution is 2.19. The maximum Gasteiger partial charge on any atom is 0.258 e. The van der Waals surface area contributed by atoms with Crippen LogP contribution in [0.4, 0.5) is 11.4 Å². The van der Waals surface area contributed by atoms with Gasteiger partial charge in [0.2, 0.25) is 0 Å². The van der Waals surface area contributed by atoms with Crippen LogP contribution in [0.25, 0.3) is 0 Å². The van der Waals surface area contributed by atoms with E-state index in [4.69, 9.17) is 17.0 Å². The van der Waals surface area contributed by atoms with Crippen LogP contribution in [0.15, 0.2) is 78.9 Å². The minimum Gasteiger partial charge on any atom is -0.491 e. The van der Waals surface area contributed by atoms with Gasteiger partial charge in [-0.2, -0.15) is 0 Å². The molecule has 2 N–H and O–H groups in total. The van der Waals surface area contributed by atoms with Gasteiger partial charge in [0.1, 0.15) is 5.75 Å². The van der Waals surface area contributed by atoms with Crippen molar-refractivity contribution in [2.45, 2.75) is 33.3 Å². The van der Waals surface area contributed by atoms with Gasteiger partial charge in [-0.15, -0.1) is 0 Å². The second kappa shape index (κ2) is 12.0. The van der Waals surface area contributed by atoms with Crippen LogP contribution in [-0.2, 0) is 0 Å². The van der Waals surface area contributed by atoms with Gasteiger partial charge in [-0.25, -0.2) is 0 Å². The third-order valence-corrected chi connectivity index (χ3v) is 5.44. The van der Waals surface area contributed by atoms with Gasteiger partial charge in [0.25, 0.3) is 11.8 Å². The van der Waals surface area contributed by atoms with Crippen molar-refractivity contribution in [2.75, 3.05) is 16.8 Å². The molecule has 0 heterocycles. The summed E-state index contributed by atoms with van der Waals surface area (Å²) in [6, 6.07) is 23.5. The minimum atomic E-state index is -0.347. The Hall–Kier alpha value is -3.71. The van der Waals surface area contributed by atoms with E-state index in [1.807, 2.05) is 57.2 Å². The number of anilines is 2. The third kappa shape index (κ3) is 6.65. The normalized spacial score (nSPS) is 11.3. The Morgan fingerprint density at radius 2 is 1.65 bits per heavy atom. The number of benzene rings is 3. The number of para-hydroxylation sites is 1. The molecule has 0 fully saturated rings. The standard InChI is InChI=1S/C27H29N3O3S/c1-4-19(3)33-24-16-10-11-20(18-24)25(31)29-27(34)28-22-13-9-12-21(17-22)26(32)30(5-2)23-14-7-6-8-15-23/h6-19H,4-5H2,1-3H3,(H2,28,29,31,34). The largest absolute Gasteiger partial charge is 0.491 e. The molecule has 0 bridgehead atoms. The molecule has 0 aliphatic heterocycles. The zero-order valence-corrected chi connectivity index (χ0v) is 20.4. The van der Waals surface area contributed by atoms with E-state index in [0.717, 1.165) is 12.1 Å². The van der Waals surface area contributed by atoms with E-state index >= 15 is 0 Å². The number of nitrogens with one attached hydrogen (secondary N) is 2. The molecular formula is C27H29N3O3S. The summed E-state index contributed by atoms with van der Waals surface area (Å²) in [4.78, 5) is 27.5. The van der Waals surface area contributed by atoms with E-state index in [0.29, 0.717) is 29.1 Å². The summed E-state index contributed by atoms with van der Waals surface area (Å²) in [6.07, 6.45) is 0.925. The number of carbonyl (C=O) groups is 2. The lowest BCUT2D eigenvalue weighted by atomic mass is 10.1. The van der Waals surface area contributed by atoms with E-state index < -0.39 is 0 Å². The van der Waals surface area contributed by atoms with Crippen LogP contribution in [0.5, 0.6) is 5.75 Å². The molecule has 3 aromatic carbocycles. The predicted octanol–water partition coefficient (Wildman–Crippen LogP) is 5.66. The summed E-state index contributed by atoms with van der Waals surface area (Å²) < 4.78 is 5.79. The average molecular weight is 476 g/mol. The third-order valence-electron chi connectivity index (χ3n) is 5.23. The maximum atomic E-state index is 13.1. The Labute approximate surface area is 205 Å². The number of amides is 2. The zero-order chi connectivity index (χ0) is 24.5. The summed E-state index contributed by atoms with van der Waals surface area (Å²) in [5.74, 6) is 0.164. The van der Waals surface area contributed by atoms with Crippen LogP contribution in [0.2, 0.25) is 0 Å². The van der Waals surface area contributed by atoms with Crippen molar-refractivity contribution < 1.29 is 14.3 Å². The van der Waals surface area contributed by atoms with Crippen molar-refractivity contribution in [3.63, 3.8) is 0 Å². The van der Waals surface area contributed by atoms with E-state index in [1.165, 1.54) is 0 Å². The monoisotopic (exact) mass is 475 g/mol. The molecule has 0 saturated heterocycles. The molecular weight excluding hydrogens is 446 g/mol. The summed E-state index contributed by atoms with van der Waals surface area (Å²) in [6.45, 7) is 6.48. The topological polar surface area (TPSA) is 70.7 Å². The second-order valence-electron chi connectivity index (χ2n) is 7.74. The van der Waals surface area contributed by atoms with E-state index in [9.17, 15) is 9.59 Å². The van der Waals surface area contributed by atoms with Gasteiger partial charge < -0.3 is 15.0 Å². The molecule has 0 aliphatic rings. The van der Waals surface area contributed by atoms with Crippen molar-refractivity contribution in [1.29, 1.82) is 0 Å². The Morgan fingerprint density at radius 1 is 0.941 bits per heavy atom. The fraction of sp³-hybridized carbons (Fsp3) is 0.222. The number of rotatable bonds is 8. The quantitative estimate of drug-likeness (QED) is 0.412. The lowest BCUT2D eigenvalue weighted by molar-refractivity contribution is 0.0972. The first kappa shape index (κ1) is 24.9. The molecule has 34 heavy (non-hydrogen) atoms. The molecule has 1 atom stereocenters. The summed E-state index contributed by atoms with van der Waals surface area (Å²) in [7, 11) is 0. The maximum absolute atomic E-state index is 13.1. The predicted molar refractivity (Wildman–Crippen MR) is 141 cm³/mol. The number of thiocarbonyl (C=S) groups is 1. The van der Waals surface area contributed by atoms with Crippen molar-refractivity contribution >= 4 is 40.5 Å². The summed E-state index contributed by atoms with van der Waals surface area (Å²) in [5.41, 5.74) is 2.39. The van der Waals surface area contributed by atoms with Crippen molar-refractivity contribution in [1.82, 2.24) is 5.32 Å². The number of carbonyl (C=O) groups excluding carboxylic acids is 2. The van der Waals surface area contributed by atoms with Gasteiger partial charge >= 0.3 is 0 Å². The molecule has 0 saturated carbocycles. The van der Waals surface area contributed by atoms with Crippen molar-refractivity contribution in [3.8, 4) is 5.75 Å². The zero-order valence-electron chi connectivity index (χ0n) is 19.6. The van der Waals surface area contributed by atoms with E-state index in [2.05, 4.69) is 10.6 Å². The molecule has 1 unspecified atom stereocenters. The summed E-state index contributed by atoms with van der Waals surface area (Å²) >= 11 is 5.32. The summed E-state index contributed by atoms with van der Waals surface area (Å²) in [5, 5.41) is 5.80. The lowest BCUT2D eigenvalue weighted by Crippen LogP contribution is -2.34. The van der Waals surface area contributed by atoms with Crippen molar-refractivity contribution in [2.24, 2.45) is 0 Å². The van der Waals surface area contributed by atoms with Crippen LogP contribution in [0.1, 0.15) is 47.9 Å². The lowest BCUT2D eigenvalue weighted by Gasteiger charge is -2.21. The van der Waals surface area contributed by atoms with Crippen LogP contribution in [0.3, 0.4) is 0 Å². The Morgan fingerprint density at radius 3 is 2.35 bits per heavy atom. The van der Waals surface area contributed by atoms with Crippen LogP contribution in [-0.4, -0.2) is 29.6 Å². The molecule has 176 valence electrons. The Kier molecular flexibility index (Phi) is 8.76. The number of ether oxygens (including phenoxy) is 1. The molecule has 0 spiro atoms. The van der Waals surface area contributed by atoms with Crippen LogP contribution < -0.4 is 20.3 Å². The molecule has 2 amide bonds. The van der Waals surface area contributed by atoms with E-state index in [1.54, 1.807) is 47.4 Å². The molecule has 0 radical (unpaired) electrons. The molecule has 7 heteroatoms. The smallest absolute Gasteiger partial charge is 0.258 e. The molecule has 3 aromatic rings. The van der Waals surface area contributed by atoms with Gasteiger partial charge in [-0.05, 0) is 81.0 Å². The van der Waals surface area contributed by atoms with Crippen molar-refractivity contribution in [3.05, 3.63) is 90.0 Å². The fourth-order valence-corrected chi connectivity index (χ4v) is 3.51. The molecule has 6 nitrogen and oxygen atoms in total. The highest BCUT2D eigenvalue weighted by atomic mass is 32.1. The van der Waals surface area contributed by atoms with Gasteiger partial charge in [0, 0.05) is 29.0 Å². The average Bonchev–Trinajstić information content (AvgIpc) is 2.85. The molecule has 0 aliphatic carbocycles. The van der Waals surface area contributed by atoms with E-state index in [-0.39, 0.29) is 23.0 Å². The van der Waals surface area contributed by atoms with Crippen LogP contribution in [0, 0.1) is 0 Å². The molecule has 3 rings (SSSR count). The first-order valence-corrected chi connectivity index (χ1v) is 11.7. The van der Waals surface area contributed by atoms with Gasteiger partial charge in [-0.3, -0.25) is 14.9 Å². The Balaban J connectivity index is 1.66. The molecule has 0 aromatic heterocycles. The fourth-order valence-electron chi connectivity index (χ4n) is 3.30. The number of nitrogens with zero attached hydrogens (tertiary/aromatic N) is 1. The Bertz CT molecular complexity index is 1150. The highest BCUT2D eigenvalue weighted by molar-refractivity contribution is 7.80. The van der Waals surface area contributed by atoms with Gasteiger partial charge in [-0.1, -0.05) is 37.3 Å². The van der Waals surface area contributed by atoms with Crippen LogP contribution >= 0.6 is 12.2 Å². The first-order valence-electron chi connectivity index (χ1n) is 11.3. The SMILES string of the molecule is CCC(C)Oc1cccc(C(=O)NC(=S)Nc2cccc(C(=O)N(CC)c3ccccc3)c2)c1. The number of hydrogen-bond acceptors (Lipinski definition) is 4. The number of hydrogen-bond donors (Lipinski definition) is 2.